The Hall–Kier alpha value is -0.680. The van der Waals surface area contributed by atoms with Gasteiger partial charge in [-0.2, -0.15) is 11.3 Å². The van der Waals surface area contributed by atoms with Gasteiger partial charge in [-0.05, 0) is 28.8 Å². The van der Waals surface area contributed by atoms with Gasteiger partial charge in [0, 0.05) is 38.8 Å². The lowest BCUT2D eigenvalue weighted by atomic mass is 10.1. The number of ether oxygens (including phenoxy) is 1. The highest BCUT2D eigenvalue weighted by Crippen LogP contribution is 2.25. The first kappa shape index (κ1) is 13.3. The summed E-state index contributed by atoms with van der Waals surface area (Å²) in [4.78, 5) is 5.18. The van der Waals surface area contributed by atoms with E-state index in [2.05, 4.69) is 33.2 Å². The van der Waals surface area contributed by atoms with Gasteiger partial charge in [0.15, 0.2) is 0 Å². The van der Waals surface area contributed by atoms with Crippen LogP contribution in [0.5, 0.6) is 0 Å². The maximum atomic E-state index is 5.81. The molecular formula is C15H22N2OS. The molecule has 0 aromatic carbocycles. The summed E-state index contributed by atoms with van der Waals surface area (Å²) in [5.74, 6) is 0. The van der Waals surface area contributed by atoms with Crippen LogP contribution >= 0.6 is 11.3 Å². The van der Waals surface area contributed by atoms with Crippen LogP contribution < -0.4 is 0 Å². The van der Waals surface area contributed by atoms with E-state index >= 15 is 0 Å². The van der Waals surface area contributed by atoms with Crippen LogP contribution in [0.25, 0.3) is 0 Å². The van der Waals surface area contributed by atoms with E-state index in [1.54, 1.807) is 11.3 Å². The van der Waals surface area contributed by atoms with Gasteiger partial charge in [0.1, 0.15) is 0 Å². The van der Waals surface area contributed by atoms with Gasteiger partial charge < -0.3 is 4.74 Å². The van der Waals surface area contributed by atoms with Crippen molar-refractivity contribution in [2.75, 3.05) is 32.8 Å². The number of thiophene rings is 1. The van der Waals surface area contributed by atoms with Crippen LogP contribution in [0.1, 0.15) is 12.0 Å². The summed E-state index contributed by atoms with van der Waals surface area (Å²) in [5, 5.41) is 4.43. The molecule has 1 aromatic heterocycles. The molecule has 0 bridgehead atoms. The van der Waals surface area contributed by atoms with Crippen molar-refractivity contribution in [1.29, 1.82) is 0 Å². The Kier molecular flexibility index (Phi) is 4.33. The topological polar surface area (TPSA) is 15.7 Å². The molecule has 0 radical (unpaired) electrons. The van der Waals surface area contributed by atoms with E-state index < -0.39 is 0 Å². The van der Waals surface area contributed by atoms with Crippen LogP contribution in [0.15, 0.2) is 29.5 Å². The molecule has 3 heterocycles. The molecule has 0 N–H and O–H groups in total. The van der Waals surface area contributed by atoms with E-state index in [-0.39, 0.29) is 0 Å². The largest absolute Gasteiger partial charge is 0.373 e. The SMILES string of the molecule is C=CCO[C@H]1C[C@@H]2CN(Cc3ccsc3)CCN2C1. The summed E-state index contributed by atoms with van der Waals surface area (Å²) in [5.41, 5.74) is 1.45. The minimum absolute atomic E-state index is 0.407. The number of rotatable bonds is 5. The van der Waals surface area contributed by atoms with Crippen molar-refractivity contribution in [2.24, 2.45) is 0 Å². The van der Waals surface area contributed by atoms with E-state index in [0.717, 1.165) is 13.1 Å². The van der Waals surface area contributed by atoms with Crippen molar-refractivity contribution >= 4 is 11.3 Å². The molecule has 2 saturated heterocycles. The first-order valence-corrected chi connectivity index (χ1v) is 7.99. The molecule has 0 unspecified atom stereocenters. The number of hydrogen-bond acceptors (Lipinski definition) is 4. The summed E-state index contributed by atoms with van der Waals surface area (Å²) in [7, 11) is 0. The zero-order valence-corrected chi connectivity index (χ0v) is 12.1. The van der Waals surface area contributed by atoms with Gasteiger partial charge in [-0.15, -0.1) is 6.58 Å². The third-order valence-corrected chi connectivity index (χ3v) is 4.83. The Morgan fingerprint density at radius 3 is 3.16 bits per heavy atom. The third-order valence-electron chi connectivity index (χ3n) is 4.10. The molecule has 3 rings (SSSR count). The van der Waals surface area contributed by atoms with E-state index in [4.69, 9.17) is 4.74 Å². The molecule has 4 heteroatoms. The molecule has 3 nitrogen and oxygen atoms in total. The summed E-state index contributed by atoms with van der Waals surface area (Å²) < 4.78 is 5.81. The molecule has 0 aliphatic carbocycles. The number of hydrogen-bond donors (Lipinski definition) is 0. The highest BCUT2D eigenvalue weighted by molar-refractivity contribution is 7.07. The van der Waals surface area contributed by atoms with Crippen molar-refractivity contribution in [3.8, 4) is 0 Å². The Balaban J connectivity index is 1.51. The van der Waals surface area contributed by atoms with Gasteiger partial charge in [0.05, 0.1) is 12.7 Å². The summed E-state index contributed by atoms with van der Waals surface area (Å²) in [6, 6.07) is 2.92. The van der Waals surface area contributed by atoms with Crippen molar-refractivity contribution in [3.05, 3.63) is 35.0 Å². The zero-order chi connectivity index (χ0) is 13.1. The Morgan fingerprint density at radius 2 is 2.37 bits per heavy atom. The molecule has 2 atom stereocenters. The average Bonchev–Trinajstić information content (AvgIpc) is 3.04. The first-order valence-electron chi connectivity index (χ1n) is 7.05. The lowest BCUT2D eigenvalue weighted by Gasteiger charge is -2.37. The maximum Gasteiger partial charge on any atom is 0.0721 e. The van der Waals surface area contributed by atoms with Crippen molar-refractivity contribution in [1.82, 2.24) is 9.80 Å². The molecular weight excluding hydrogens is 256 g/mol. The quantitative estimate of drug-likeness (QED) is 0.768. The Morgan fingerprint density at radius 1 is 1.42 bits per heavy atom. The third kappa shape index (κ3) is 3.26. The molecule has 104 valence electrons. The molecule has 0 saturated carbocycles. The van der Waals surface area contributed by atoms with Crippen LogP contribution in [0.2, 0.25) is 0 Å². The Labute approximate surface area is 119 Å². The number of piperazine rings is 1. The standard InChI is InChI=1S/C15H22N2OS/c1-2-6-18-15-8-14-10-16(4-5-17(14)11-15)9-13-3-7-19-12-13/h2-3,7,12,14-15H,1,4-6,8-11H2/t14-,15+/m1/s1. The highest BCUT2D eigenvalue weighted by Gasteiger charge is 2.36. The van der Waals surface area contributed by atoms with Crippen LogP contribution in [-0.4, -0.2) is 54.7 Å². The molecule has 0 spiro atoms. The Bertz CT molecular complexity index is 406. The van der Waals surface area contributed by atoms with Crippen LogP contribution in [0, 0.1) is 0 Å². The predicted octanol–water partition coefficient (Wildman–Crippen LogP) is 2.21. The van der Waals surface area contributed by atoms with Gasteiger partial charge in [-0.3, -0.25) is 9.80 Å². The van der Waals surface area contributed by atoms with Gasteiger partial charge in [-0.1, -0.05) is 6.08 Å². The fraction of sp³-hybridized carbons (Fsp3) is 0.600. The van der Waals surface area contributed by atoms with Gasteiger partial charge in [-0.25, -0.2) is 0 Å². The van der Waals surface area contributed by atoms with Crippen molar-refractivity contribution < 1.29 is 4.74 Å². The van der Waals surface area contributed by atoms with Crippen LogP contribution in [0.3, 0.4) is 0 Å². The van der Waals surface area contributed by atoms with Gasteiger partial charge in [0.25, 0.3) is 0 Å². The lowest BCUT2D eigenvalue weighted by molar-refractivity contribution is 0.0759. The van der Waals surface area contributed by atoms with E-state index in [0.29, 0.717) is 18.8 Å². The van der Waals surface area contributed by atoms with Crippen LogP contribution in [-0.2, 0) is 11.3 Å². The number of nitrogens with zero attached hydrogens (tertiary/aromatic N) is 2. The molecule has 0 amide bonds. The summed E-state index contributed by atoms with van der Waals surface area (Å²) >= 11 is 1.79. The molecule has 1 aromatic rings. The zero-order valence-electron chi connectivity index (χ0n) is 11.3. The fourth-order valence-electron chi connectivity index (χ4n) is 3.17. The summed E-state index contributed by atoms with van der Waals surface area (Å²) in [6.07, 6.45) is 3.43. The highest BCUT2D eigenvalue weighted by atomic mass is 32.1. The normalized spacial score (nSPS) is 28.4. The second kappa shape index (κ2) is 6.18. The van der Waals surface area contributed by atoms with Crippen molar-refractivity contribution in [2.45, 2.75) is 25.1 Å². The fourth-order valence-corrected chi connectivity index (χ4v) is 3.83. The minimum atomic E-state index is 0.407. The summed E-state index contributed by atoms with van der Waals surface area (Å²) in [6.45, 7) is 10.2. The predicted molar refractivity (Wildman–Crippen MR) is 79.5 cm³/mol. The molecule has 2 aliphatic rings. The molecule has 2 aliphatic heterocycles. The van der Waals surface area contributed by atoms with E-state index in [9.17, 15) is 0 Å². The average molecular weight is 278 g/mol. The second-order valence-electron chi connectivity index (χ2n) is 5.50. The van der Waals surface area contributed by atoms with Gasteiger partial charge in [0.2, 0.25) is 0 Å². The minimum Gasteiger partial charge on any atom is -0.373 e. The molecule has 2 fully saturated rings. The van der Waals surface area contributed by atoms with E-state index in [1.807, 2.05) is 6.08 Å². The van der Waals surface area contributed by atoms with Gasteiger partial charge >= 0.3 is 0 Å². The number of fused-ring (bicyclic) bond motifs is 1. The lowest BCUT2D eigenvalue weighted by Crippen LogP contribution is -2.49. The maximum absolute atomic E-state index is 5.81. The second-order valence-corrected chi connectivity index (χ2v) is 6.28. The van der Waals surface area contributed by atoms with Crippen molar-refractivity contribution in [3.63, 3.8) is 0 Å². The first-order chi connectivity index (χ1) is 9.35. The smallest absolute Gasteiger partial charge is 0.0721 e. The van der Waals surface area contributed by atoms with E-state index in [1.165, 1.54) is 31.6 Å². The molecule has 19 heavy (non-hydrogen) atoms. The monoisotopic (exact) mass is 278 g/mol. The van der Waals surface area contributed by atoms with Crippen LogP contribution in [0.4, 0.5) is 0 Å².